The van der Waals surface area contributed by atoms with Crippen molar-refractivity contribution in [2.75, 3.05) is 24.0 Å². The van der Waals surface area contributed by atoms with Gasteiger partial charge in [0.15, 0.2) is 11.5 Å². The molecule has 1 fully saturated rings. The monoisotopic (exact) mass is 527 g/mol. The van der Waals surface area contributed by atoms with E-state index in [0.717, 1.165) is 12.1 Å². The number of methoxy groups -OCH3 is 1. The quantitative estimate of drug-likeness (QED) is 0.352. The molecule has 4 rings (SSSR count). The largest absolute Gasteiger partial charge is 0.493 e. The summed E-state index contributed by atoms with van der Waals surface area (Å²) in [7, 11) is 1.53. The second-order valence-electron chi connectivity index (χ2n) is 8.39. The molecule has 0 aromatic heterocycles. The number of rotatable bonds is 9. The third kappa shape index (κ3) is 5.86. The zero-order chi connectivity index (χ0) is 25.7. The Balaban J connectivity index is 1.34. The van der Waals surface area contributed by atoms with Crippen molar-refractivity contribution < 1.29 is 19.1 Å². The topological polar surface area (TPSA) is 79.9 Å². The number of ether oxygens (including phenoxy) is 2. The van der Waals surface area contributed by atoms with Crippen molar-refractivity contribution in [3.05, 3.63) is 81.8 Å². The molecule has 1 atom stereocenters. The van der Waals surface area contributed by atoms with Crippen LogP contribution in [0.4, 0.5) is 11.4 Å². The van der Waals surface area contributed by atoms with Gasteiger partial charge in [0.1, 0.15) is 6.61 Å². The number of halogens is 2. The molecule has 188 valence electrons. The number of amides is 2. The van der Waals surface area contributed by atoms with Gasteiger partial charge >= 0.3 is 0 Å². The van der Waals surface area contributed by atoms with Crippen molar-refractivity contribution in [2.24, 2.45) is 5.92 Å². The van der Waals surface area contributed by atoms with Crippen LogP contribution in [0.2, 0.25) is 10.0 Å². The Hall–Kier alpha value is -3.42. The summed E-state index contributed by atoms with van der Waals surface area (Å²) in [6, 6.07) is 18.3. The lowest BCUT2D eigenvalue weighted by molar-refractivity contribution is -0.125. The number of nitrogens with zero attached hydrogens (tertiary/aromatic N) is 1. The Morgan fingerprint density at radius 2 is 1.78 bits per heavy atom. The summed E-state index contributed by atoms with van der Waals surface area (Å²) in [5.74, 6) is 0.178. The minimum atomic E-state index is -0.458. The van der Waals surface area contributed by atoms with Gasteiger partial charge in [0.05, 0.1) is 18.7 Å². The van der Waals surface area contributed by atoms with E-state index in [9.17, 15) is 9.59 Å². The zero-order valence-corrected chi connectivity index (χ0v) is 21.5. The Morgan fingerprint density at radius 1 is 1.06 bits per heavy atom. The van der Waals surface area contributed by atoms with Crippen LogP contribution in [0.25, 0.3) is 0 Å². The molecule has 0 radical (unpaired) electrons. The molecule has 3 aromatic rings. The minimum Gasteiger partial charge on any atom is -0.493 e. The van der Waals surface area contributed by atoms with Crippen molar-refractivity contribution in [1.29, 1.82) is 0 Å². The molecule has 2 N–H and O–H groups in total. The second-order valence-corrected chi connectivity index (χ2v) is 9.21. The maximum Gasteiger partial charge on any atom is 0.243 e. The number of anilines is 2. The number of hydrazine groups is 1. The van der Waals surface area contributed by atoms with Crippen LogP contribution in [0.15, 0.2) is 60.7 Å². The first-order valence-corrected chi connectivity index (χ1v) is 12.3. The van der Waals surface area contributed by atoms with Crippen molar-refractivity contribution in [1.82, 2.24) is 5.43 Å². The summed E-state index contributed by atoms with van der Waals surface area (Å²) < 4.78 is 11.3. The Morgan fingerprint density at radius 3 is 2.44 bits per heavy atom. The molecule has 1 aliphatic heterocycles. The van der Waals surface area contributed by atoms with E-state index in [1.54, 1.807) is 41.3 Å². The normalized spacial score (nSPS) is 15.1. The highest BCUT2D eigenvalue weighted by molar-refractivity contribution is 6.35. The van der Waals surface area contributed by atoms with Gasteiger partial charge in [-0.3, -0.25) is 20.4 Å². The number of aryl methyl sites for hydroxylation is 1. The molecule has 0 spiro atoms. The van der Waals surface area contributed by atoms with Crippen LogP contribution in [0.1, 0.15) is 24.5 Å². The minimum absolute atomic E-state index is 0.0683. The first kappa shape index (κ1) is 25.7. The van der Waals surface area contributed by atoms with E-state index in [0.29, 0.717) is 39.3 Å². The molecule has 1 heterocycles. The predicted molar refractivity (Wildman–Crippen MR) is 142 cm³/mol. The number of nitrogens with one attached hydrogen (secondary N) is 2. The number of carbonyl (C=O) groups excluding carboxylic acids is 2. The van der Waals surface area contributed by atoms with Crippen LogP contribution < -0.4 is 25.2 Å². The van der Waals surface area contributed by atoms with Crippen molar-refractivity contribution in [3.8, 4) is 11.5 Å². The van der Waals surface area contributed by atoms with Gasteiger partial charge in [-0.2, -0.15) is 0 Å². The van der Waals surface area contributed by atoms with E-state index < -0.39 is 5.92 Å². The first-order valence-electron chi connectivity index (χ1n) is 11.6. The lowest BCUT2D eigenvalue weighted by Crippen LogP contribution is -2.36. The SMILES string of the molecule is CCc1ccc(N2C[C@H](C(=O)NNc3ccc(OCc4c(Cl)cccc4Cl)c(OC)c3)CC2=O)cc1. The fourth-order valence-corrected chi connectivity index (χ4v) is 4.47. The van der Waals surface area contributed by atoms with E-state index in [1.165, 1.54) is 12.7 Å². The standard InChI is InChI=1S/C27H27Cl2N3O4/c1-3-17-7-10-20(11-8-17)32-15-18(13-26(32)33)27(34)31-30-19-9-12-24(25(14-19)35-2)36-16-21-22(28)5-4-6-23(21)29/h4-12,14,18,30H,3,13,15-16H2,1-2H3,(H,31,34)/t18-/m1/s1. The summed E-state index contributed by atoms with van der Waals surface area (Å²) in [6.45, 7) is 2.58. The Kier molecular flexibility index (Phi) is 8.23. The summed E-state index contributed by atoms with van der Waals surface area (Å²) in [6.07, 6.45) is 1.09. The van der Waals surface area contributed by atoms with E-state index in [-0.39, 0.29) is 24.8 Å². The lowest BCUT2D eigenvalue weighted by atomic mass is 10.1. The van der Waals surface area contributed by atoms with E-state index in [1.807, 2.05) is 24.3 Å². The van der Waals surface area contributed by atoms with E-state index in [2.05, 4.69) is 17.8 Å². The summed E-state index contributed by atoms with van der Waals surface area (Å²) >= 11 is 12.4. The third-order valence-electron chi connectivity index (χ3n) is 6.08. The fraction of sp³-hybridized carbons (Fsp3) is 0.259. The predicted octanol–water partition coefficient (Wildman–Crippen LogP) is 5.64. The van der Waals surface area contributed by atoms with Crippen LogP contribution in [-0.4, -0.2) is 25.5 Å². The average Bonchev–Trinajstić information content (AvgIpc) is 3.29. The molecule has 0 unspecified atom stereocenters. The highest BCUT2D eigenvalue weighted by Crippen LogP contribution is 2.33. The number of benzene rings is 3. The Labute approximate surface area is 220 Å². The van der Waals surface area contributed by atoms with E-state index >= 15 is 0 Å². The molecule has 2 amide bonds. The highest BCUT2D eigenvalue weighted by Gasteiger charge is 2.35. The van der Waals surface area contributed by atoms with Gasteiger partial charge in [-0.05, 0) is 48.4 Å². The molecule has 0 saturated carbocycles. The van der Waals surface area contributed by atoms with Crippen LogP contribution in [0, 0.1) is 5.92 Å². The molecule has 9 heteroatoms. The van der Waals surface area contributed by atoms with Crippen LogP contribution in [0.5, 0.6) is 11.5 Å². The van der Waals surface area contributed by atoms with Gasteiger partial charge in [0.2, 0.25) is 11.8 Å². The average molecular weight is 528 g/mol. The summed E-state index contributed by atoms with van der Waals surface area (Å²) in [4.78, 5) is 26.9. The summed E-state index contributed by atoms with van der Waals surface area (Å²) in [5.41, 5.74) is 8.87. The molecule has 3 aromatic carbocycles. The number of carbonyl (C=O) groups is 2. The van der Waals surface area contributed by atoms with Crippen molar-refractivity contribution in [3.63, 3.8) is 0 Å². The van der Waals surface area contributed by atoms with E-state index in [4.69, 9.17) is 32.7 Å². The number of hydrogen-bond acceptors (Lipinski definition) is 5. The molecule has 0 bridgehead atoms. The van der Waals surface area contributed by atoms with Gasteiger partial charge in [-0.15, -0.1) is 0 Å². The number of hydrogen-bond donors (Lipinski definition) is 2. The maximum atomic E-state index is 12.8. The second kappa shape index (κ2) is 11.5. The van der Waals surface area contributed by atoms with Crippen LogP contribution in [0.3, 0.4) is 0 Å². The zero-order valence-electron chi connectivity index (χ0n) is 20.0. The van der Waals surface area contributed by atoms with Crippen molar-refractivity contribution >= 4 is 46.4 Å². The van der Waals surface area contributed by atoms with Crippen LogP contribution in [-0.2, 0) is 22.6 Å². The molecule has 7 nitrogen and oxygen atoms in total. The molecule has 36 heavy (non-hydrogen) atoms. The lowest BCUT2D eigenvalue weighted by Gasteiger charge is -2.18. The highest BCUT2D eigenvalue weighted by atomic mass is 35.5. The Bertz CT molecular complexity index is 1230. The third-order valence-corrected chi connectivity index (χ3v) is 6.79. The maximum absolute atomic E-state index is 12.8. The smallest absolute Gasteiger partial charge is 0.243 e. The fourth-order valence-electron chi connectivity index (χ4n) is 3.96. The van der Waals surface area contributed by atoms with Gasteiger partial charge < -0.3 is 14.4 Å². The van der Waals surface area contributed by atoms with Gasteiger partial charge in [0.25, 0.3) is 0 Å². The van der Waals surface area contributed by atoms with Crippen molar-refractivity contribution in [2.45, 2.75) is 26.4 Å². The first-order chi connectivity index (χ1) is 17.4. The van der Waals surface area contributed by atoms with Gasteiger partial charge in [-0.25, -0.2) is 0 Å². The molecular weight excluding hydrogens is 501 g/mol. The molecule has 1 aliphatic rings. The van der Waals surface area contributed by atoms with Gasteiger partial charge in [-0.1, -0.05) is 48.3 Å². The summed E-state index contributed by atoms with van der Waals surface area (Å²) in [5, 5.41) is 1.04. The van der Waals surface area contributed by atoms with Crippen LogP contribution >= 0.6 is 23.2 Å². The van der Waals surface area contributed by atoms with Gasteiger partial charge in [0, 0.05) is 40.3 Å². The molecule has 1 saturated heterocycles. The molecular formula is C27H27Cl2N3O4. The molecule has 0 aliphatic carbocycles.